The van der Waals surface area contributed by atoms with E-state index in [1.54, 1.807) is 6.92 Å². The van der Waals surface area contributed by atoms with Crippen molar-refractivity contribution in [2.75, 3.05) is 13.2 Å². The van der Waals surface area contributed by atoms with Gasteiger partial charge < -0.3 is 15.2 Å². The topological polar surface area (TPSA) is 75.6 Å². The number of carboxylic acid groups (broad SMARTS) is 1. The third-order valence-electron chi connectivity index (χ3n) is 3.09. The average molecular weight is 293 g/mol. The quantitative estimate of drug-likeness (QED) is 0.771. The summed E-state index contributed by atoms with van der Waals surface area (Å²) in [4.78, 5) is 22.1. The number of aliphatic carboxylic acids is 1. The van der Waals surface area contributed by atoms with Crippen LogP contribution >= 0.6 is 0 Å². The number of nitrogens with one attached hydrogen (secondary N) is 1. The first-order valence-corrected chi connectivity index (χ1v) is 7.07. The van der Waals surface area contributed by atoms with Crippen molar-refractivity contribution in [1.82, 2.24) is 5.32 Å². The van der Waals surface area contributed by atoms with E-state index in [1.807, 2.05) is 32.0 Å². The van der Waals surface area contributed by atoms with Crippen LogP contribution in [0.3, 0.4) is 0 Å². The van der Waals surface area contributed by atoms with Crippen LogP contribution in [0.2, 0.25) is 0 Å². The molecule has 21 heavy (non-hydrogen) atoms. The van der Waals surface area contributed by atoms with Crippen molar-refractivity contribution < 1.29 is 19.4 Å². The van der Waals surface area contributed by atoms with Crippen LogP contribution < -0.4 is 10.1 Å². The number of amides is 1. The van der Waals surface area contributed by atoms with E-state index in [0.717, 1.165) is 11.3 Å². The van der Waals surface area contributed by atoms with E-state index in [1.165, 1.54) is 5.56 Å². The van der Waals surface area contributed by atoms with Crippen LogP contribution in [0.4, 0.5) is 0 Å². The van der Waals surface area contributed by atoms with Crippen molar-refractivity contribution in [2.45, 2.75) is 33.6 Å². The molecule has 0 aliphatic carbocycles. The van der Waals surface area contributed by atoms with Crippen molar-refractivity contribution in [2.24, 2.45) is 5.92 Å². The minimum absolute atomic E-state index is 0.0549. The Bertz CT molecular complexity index is 499. The number of carbonyl (C=O) groups is 2. The van der Waals surface area contributed by atoms with Crippen LogP contribution in [0.25, 0.3) is 0 Å². The van der Waals surface area contributed by atoms with E-state index in [9.17, 15) is 9.59 Å². The van der Waals surface area contributed by atoms with Gasteiger partial charge in [0.15, 0.2) is 0 Å². The monoisotopic (exact) mass is 293 g/mol. The Morgan fingerprint density at radius 1 is 1.33 bits per heavy atom. The Balaban J connectivity index is 2.26. The normalized spacial score (nSPS) is 11.8. The SMILES string of the molecule is Cc1ccc(OCCC(=O)NCC(C)CC(=O)O)c(C)c1. The fourth-order valence-corrected chi connectivity index (χ4v) is 1.96. The summed E-state index contributed by atoms with van der Waals surface area (Å²) >= 11 is 0. The van der Waals surface area contributed by atoms with Gasteiger partial charge in [0.05, 0.1) is 13.0 Å². The van der Waals surface area contributed by atoms with Crippen LogP contribution in [-0.4, -0.2) is 30.1 Å². The van der Waals surface area contributed by atoms with Gasteiger partial charge in [-0.3, -0.25) is 9.59 Å². The Morgan fingerprint density at radius 2 is 2.05 bits per heavy atom. The molecule has 0 fully saturated rings. The average Bonchev–Trinajstić information content (AvgIpc) is 2.38. The fraction of sp³-hybridized carbons (Fsp3) is 0.500. The first-order valence-electron chi connectivity index (χ1n) is 7.07. The smallest absolute Gasteiger partial charge is 0.303 e. The zero-order valence-electron chi connectivity index (χ0n) is 12.8. The first-order chi connectivity index (χ1) is 9.88. The molecule has 0 saturated carbocycles. The molecular formula is C16H23NO4. The van der Waals surface area contributed by atoms with E-state index >= 15 is 0 Å². The molecule has 0 saturated heterocycles. The number of hydrogen-bond acceptors (Lipinski definition) is 3. The van der Waals surface area contributed by atoms with Crippen molar-refractivity contribution in [3.8, 4) is 5.75 Å². The Kier molecular flexibility index (Phi) is 6.72. The molecule has 1 unspecified atom stereocenters. The third-order valence-corrected chi connectivity index (χ3v) is 3.09. The van der Waals surface area contributed by atoms with Crippen LogP contribution in [0, 0.1) is 19.8 Å². The largest absolute Gasteiger partial charge is 0.493 e. The lowest BCUT2D eigenvalue weighted by Crippen LogP contribution is -2.30. The molecule has 2 N–H and O–H groups in total. The molecule has 5 heteroatoms. The van der Waals surface area contributed by atoms with Gasteiger partial charge in [0.25, 0.3) is 0 Å². The third kappa shape index (κ3) is 6.79. The van der Waals surface area contributed by atoms with Crippen LogP contribution in [-0.2, 0) is 9.59 Å². The molecule has 0 aliphatic heterocycles. The second-order valence-electron chi connectivity index (χ2n) is 5.37. The summed E-state index contributed by atoms with van der Waals surface area (Å²) in [5.74, 6) is -0.272. The van der Waals surface area contributed by atoms with Gasteiger partial charge in [-0.05, 0) is 31.4 Å². The van der Waals surface area contributed by atoms with Crippen LogP contribution in [0.5, 0.6) is 5.75 Å². The summed E-state index contributed by atoms with van der Waals surface area (Å²) in [7, 11) is 0. The zero-order chi connectivity index (χ0) is 15.8. The first kappa shape index (κ1) is 17.0. The van der Waals surface area contributed by atoms with Gasteiger partial charge >= 0.3 is 5.97 Å². The summed E-state index contributed by atoms with van der Waals surface area (Å²) in [5, 5.41) is 11.3. The Labute approximate surface area is 125 Å². The van der Waals surface area contributed by atoms with E-state index < -0.39 is 5.97 Å². The van der Waals surface area contributed by atoms with E-state index in [2.05, 4.69) is 5.32 Å². The van der Waals surface area contributed by atoms with Gasteiger partial charge in [0, 0.05) is 13.0 Å². The molecule has 1 rings (SSSR count). The number of carbonyl (C=O) groups excluding carboxylic acids is 1. The van der Waals surface area contributed by atoms with Gasteiger partial charge in [-0.25, -0.2) is 0 Å². The van der Waals surface area contributed by atoms with Gasteiger partial charge in [-0.15, -0.1) is 0 Å². The highest BCUT2D eigenvalue weighted by Crippen LogP contribution is 2.18. The molecule has 1 aromatic carbocycles. The fourth-order valence-electron chi connectivity index (χ4n) is 1.96. The number of aryl methyl sites for hydroxylation is 2. The second kappa shape index (κ2) is 8.29. The zero-order valence-corrected chi connectivity index (χ0v) is 12.8. The predicted molar refractivity (Wildman–Crippen MR) is 80.5 cm³/mol. The number of carboxylic acids is 1. The van der Waals surface area contributed by atoms with Gasteiger partial charge in [0.2, 0.25) is 5.91 Å². The molecule has 1 atom stereocenters. The highest BCUT2D eigenvalue weighted by atomic mass is 16.5. The number of hydrogen-bond donors (Lipinski definition) is 2. The standard InChI is InChI=1S/C16H23NO4/c1-11-4-5-14(13(3)8-11)21-7-6-15(18)17-10-12(2)9-16(19)20/h4-5,8,12H,6-7,9-10H2,1-3H3,(H,17,18)(H,19,20). The highest BCUT2D eigenvalue weighted by molar-refractivity contribution is 5.76. The lowest BCUT2D eigenvalue weighted by molar-refractivity contribution is -0.138. The maximum absolute atomic E-state index is 11.6. The molecule has 0 spiro atoms. The molecule has 0 bridgehead atoms. The molecule has 0 aliphatic rings. The van der Waals surface area contributed by atoms with Gasteiger partial charge in [-0.2, -0.15) is 0 Å². The summed E-state index contributed by atoms with van der Waals surface area (Å²) in [6.07, 6.45) is 0.312. The van der Waals surface area contributed by atoms with Crippen molar-refractivity contribution in [1.29, 1.82) is 0 Å². The second-order valence-corrected chi connectivity index (χ2v) is 5.37. The lowest BCUT2D eigenvalue weighted by atomic mass is 10.1. The summed E-state index contributed by atoms with van der Waals surface area (Å²) < 4.78 is 5.58. The minimum atomic E-state index is -0.852. The molecule has 1 amide bonds. The number of ether oxygens (including phenoxy) is 1. The van der Waals surface area contributed by atoms with E-state index in [0.29, 0.717) is 13.2 Å². The summed E-state index contributed by atoms with van der Waals surface area (Å²) in [6, 6.07) is 5.90. The number of rotatable bonds is 8. The van der Waals surface area contributed by atoms with E-state index in [-0.39, 0.29) is 24.7 Å². The van der Waals surface area contributed by atoms with Crippen molar-refractivity contribution >= 4 is 11.9 Å². The molecular weight excluding hydrogens is 270 g/mol. The molecule has 0 heterocycles. The van der Waals surface area contributed by atoms with Crippen LogP contribution in [0.15, 0.2) is 18.2 Å². The Morgan fingerprint density at radius 3 is 2.67 bits per heavy atom. The molecule has 116 valence electrons. The minimum Gasteiger partial charge on any atom is -0.493 e. The Hall–Kier alpha value is -2.04. The molecule has 0 radical (unpaired) electrons. The van der Waals surface area contributed by atoms with Gasteiger partial charge in [-0.1, -0.05) is 24.6 Å². The maximum Gasteiger partial charge on any atom is 0.303 e. The maximum atomic E-state index is 11.6. The van der Waals surface area contributed by atoms with Crippen molar-refractivity contribution in [3.63, 3.8) is 0 Å². The predicted octanol–water partition coefficient (Wildman–Crippen LogP) is 2.30. The number of benzene rings is 1. The highest BCUT2D eigenvalue weighted by Gasteiger charge is 2.09. The van der Waals surface area contributed by atoms with Crippen LogP contribution in [0.1, 0.15) is 30.9 Å². The molecule has 5 nitrogen and oxygen atoms in total. The summed E-state index contributed by atoms with van der Waals surface area (Å²) in [5.41, 5.74) is 2.22. The van der Waals surface area contributed by atoms with E-state index in [4.69, 9.17) is 9.84 Å². The molecule has 1 aromatic rings. The summed E-state index contributed by atoms with van der Waals surface area (Å²) in [6.45, 7) is 6.46. The lowest BCUT2D eigenvalue weighted by Gasteiger charge is -2.12. The van der Waals surface area contributed by atoms with Gasteiger partial charge in [0.1, 0.15) is 5.75 Å². The van der Waals surface area contributed by atoms with Crippen molar-refractivity contribution in [3.05, 3.63) is 29.3 Å². The molecule has 0 aromatic heterocycles.